The number of carbonyl (C=O) groups is 2. The van der Waals surface area contributed by atoms with Gasteiger partial charge in [0.15, 0.2) is 0 Å². The van der Waals surface area contributed by atoms with Crippen LogP contribution in [-0.4, -0.2) is 36.7 Å². The molecular weight excluding hydrogens is 337 g/mol. The molecule has 0 aliphatic heterocycles. The molecule has 25 heavy (non-hydrogen) atoms. The summed E-state index contributed by atoms with van der Waals surface area (Å²) in [4.78, 5) is 25.4. The van der Waals surface area contributed by atoms with Crippen LogP contribution in [0.5, 0.6) is 5.75 Å². The molecule has 1 aliphatic rings. The van der Waals surface area contributed by atoms with Crippen LogP contribution < -0.4 is 10.1 Å². The highest BCUT2D eigenvalue weighted by Gasteiger charge is 2.31. The summed E-state index contributed by atoms with van der Waals surface area (Å²) in [6.45, 7) is -0.105. The molecule has 1 aromatic carbocycles. The highest BCUT2D eigenvalue weighted by molar-refractivity contribution is 5.94. The first-order chi connectivity index (χ1) is 11.7. The Bertz CT molecular complexity index is 596. The molecule has 0 heterocycles. The number of carbonyl (C=O) groups excluding carboxylic acids is 2. The lowest BCUT2D eigenvalue weighted by Gasteiger charge is -2.19. The first kappa shape index (κ1) is 19.1. The van der Waals surface area contributed by atoms with E-state index in [1.807, 2.05) is 0 Å². The van der Waals surface area contributed by atoms with Crippen molar-refractivity contribution < 1.29 is 27.5 Å². The number of likely N-dealkylation sites (N-methyl/N-ethyl adjacent to an activating group) is 1. The van der Waals surface area contributed by atoms with Crippen LogP contribution in [-0.2, 0) is 9.59 Å². The van der Waals surface area contributed by atoms with Gasteiger partial charge in [0.1, 0.15) is 5.75 Å². The van der Waals surface area contributed by atoms with E-state index < -0.39 is 12.3 Å². The number of nitrogens with zero attached hydrogens (tertiary/aromatic N) is 1. The Morgan fingerprint density at radius 2 is 1.80 bits per heavy atom. The van der Waals surface area contributed by atoms with Crippen molar-refractivity contribution in [2.24, 2.45) is 5.92 Å². The van der Waals surface area contributed by atoms with Crippen LogP contribution in [0.4, 0.5) is 18.9 Å². The lowest BCUT2D eigenvalue weighted by molar-refractivity contribution is -0.274. The number of nitrogens with one attached hydrogen (secondary N) is 1. The Morgan fingerprint density at radius 3 is 2.36 bits per heavy atom. The molecule has 2 amide bonds. The fraction of sp³-hybridized carbons (Fsp3) is 0.529. The molecule has 1 N–H and O–H groups in total. The van der Waals surface area contributed by atoms with Crippen LogP contribution >= 0.6 is 0 Å². The molecular formula is C17H21F3N2O3. The van der Waals surface area contributed by atoms with Gasteiger partial charge in [0, 0.05) is 19.2 Å². The number of alkyl halides is 3. The summed E-state index contributed by atoms with van der Waals surface area (Å²) in [5.74, 6) is -0.448. The van der Waals surface area contributed by atoms with Crippen molar-refractivity contribution in [1.82, 2.24) is 4.90 Å². The summed E-state index contributed by atoms with van der Waals surface area (Å²) in [6.07, 6.45) is 0.100. The Morgan fingerprint density at radius 1 is 1.20 bits per heavy atom. The lowest BCUT2D eigenvalue weighted by atomic mass is 10.0. The number of benzene rings is 1. The molecule has 5 nitrogen and oxygen atoms in total. The highest BCUT2D eigenvalue weighted by atomic mass is 19.4. The SMILES string of the molecule is CN(CC(=O)Nc1ccc(OC(F)(F)F)cc1)C(=O)CC1CCCC1. The maximum atomic E-state index is 12.1. The van der Waals surface area contributed by atoms with Gasteiger partial charge in [0.25, 0.3) is 0 Å². The summed E-state index contributed by atoms with van der Waals surface area (Å²) in [5.41, 5.74) is 0.330. The molecule has 1 fully saturated rings. The molecule has 0 bridgehead atoms. The van der Waals surface area contributed by atoms with Crippen molar-refractivity contribution in [1.29, 1.82) is 0 Å². The molecule has 0 spiro atoms. The van der Waals surface area contributed by atoms with E-state index in [9.17, 15) is 22.8 Å². The Kier molecular flexibility index (Phi) is 6.27. The molecule has 138 valence electrons. The fourth-order valence-corrected chi connectivity index (χ4v) is 2.86. The van der Waals surface area contributed by atoms with E-state index in [2.05, 4.69) is 10.1 Å². The number of halogens is 3. The van der Waals surface area contributed by atoms with Crippen LogP contribution in [0, 0.1) is 5.92 Å². The monoisotopic (exact) mass is 358 g/mol. The van der Waals surface area contributed by atoms with Gasteiger partial charge >= 0.3 is 6.36 Å². The van der Waals surface area contributed by atoms with E-state index in [1.54, 1.807) is 7.05 Å². The number of ether oxygens (including phenoxy) is 1. The Balaban J connectivity index is 1.79. The van der Waals surface area contributed by atoms with Crippen molar-refractivity contribution in [3.8, 4) is 5.75 Å². The standard InChI is InChI=1S/C17H21F3N2O3/c1-22(16(24)10-12-4-2-3-5-12)11-15(23)21-13-6-8-14(9-7-13)25-17(18,19)20/h6-9,12H,2-5,10-11H2,1H3,(H,21,23). The van der Waals surface area contributed by atoms with E-state index in [-0.39, 0.29) is 18.2 Å². The molecule has 0 aromatic heterocycles. The van der Waals surface area contributed by atoms with Gasteiger partial charge in [-0.05, 0) is 43.0 Å². The van der Waals surface area contributed by atoms with Gasteiger partial charge in [-0.15, -0.1) is 13.2 Å². The van der Waals surface area contributed by atoms with Crippen molar-refractivity contribution in [3.05, 3.63) is 24.3 Å². The van der Waals surface area contributed by atoms with E-state index in [0.29, 0.717) is 18.0 Å². The summed E-state index contributed by atoms with van der Waals surface area (Å²) in [6, 6.07) is 4.83. The Labute approximate surface area is 144 Å². The minimum Gasteiger partial charge on any atom is -0.406 e. The van der Waals surface area contributed by atoms with Gasteiger partial charge in [-0.25, -0.2) is 0 Å². The lowest BCUT2D eigenvalue weighted by Crippen LogP contribution is -2.35. The number of hydrogen-bond donors (Lipinski definition) is 1. The van der Waals surface area contributed by atoms with Gasteiger partial charge in [-0.1, -0.05) is 12.8 Å². The third kappa shape index (κ3) is 6.64. The number of hydrogen-bond acceptors (Lipinski definition) is 3. The predicted octanol–water partition coefficient (Wildman–Crippen LogP) is 3.56. The molecule has 0 unspecified atom stereocenters. The smallest absolute Gasteiger partial charge is 0.406 e. The zero-order valence-corrected chi connectivity index (χ0v) is 13.9. The van der Waals surface area contributed by atoms with Gasteiger partial charge in [-0.3, -0.25) is 9.59 Å². The van der Waals surface area contributed by atoms with Gasteiger partial charge in [0.05, 0.1) is 6.54 Å². The maximum Gasteiger partial charge on any atom is 0.573 e. The predicted molar refractivity (Wildman–Crippen MR) is 86.0 cm³/mol. The van der Waals surface area contributed by atoms with E-state index in [1.165, 1.54) is 17.0 Å². The van der Waals surface area contributed by atoms with Gasteiger partial charge in [-0.2, -0.15) is 0 Å². The van der Waals surface area contributed by atoms with Crippen LogP contribution in [0.25, 0.3) is 0 Å². The first-order valence-electron chi connectivity index (χ1n) is 8.12. The minimum absolute atomic E-state index is 0.0732. The van der Waals surface area contributed by atoms with Crippen LogP contribution in [0.3, 0.4) is 0 Å². The average Bonchev–Trinajstić information content (AvgIpc) is 3.00. The highest BCUT2D eigenvalue weighted by Crippen LogP contribution is 2.28. The average molecular weight is 358 g/mol. The first-order valence-corrected chi connectivity index (χ1v) is 8.12. The van der Waals surface area contributed by atoms with E-state index >= 15 is 0 Å². The largest absolute Gasteiger partial charge is 0.573 e. The van der Waals surface area contributed by atoms with Crippen LogP contribution in [0.1, 0.15) is 32.1 Å². The number of rotatable bonds is 6. The zero-order valence-electron chi connectivity index (χ0n) is 13.9. The van der Waals surface area contributed by atoms with Gasteiger partial charge in [0.2, 0.25) is 11.8 Å². The molecule has 0 radical (unpaired) electrons. The van der Waals surface area contributed by atoms with Crippen molar-refractivity contribution >= 4 is 17.5 Å². The zero-order chi connectivity index (χ0) is 18.4. The Hall–Kier alpha value is -2.25. The molecule has 1 saturated carbocycles. The fourth-order valence-electron chi connectivity index (χ4n) is 2.86. The topological polar surface area (TPSA) is 58.6 Å². The van der Waals surface area contributed by atoms with Gasteiger partial charge < -0.3 is 15.0 Å². The molecule has 8 heteroatoms. The van der Waals surface area contributed by atoms with Crippen molar-refractivity contribution in [3.63, 3.8) is 0 Å². The maximum absolute atomic E-state index is 12.1. The quantitative estimate of drug-likeness (QED) is 0.846. The number of anilines is 1. The summed E-state index contributed by atoms with van der Waals surface area (Å²) in [7, 11) is 1.57. The summed E-state index contributed by atoms with van der Waals surface area (Å²) >= 11 is 0. The second-order valence-corrected chi connectivity index (χ2v) is 6.22. The van der Waals surface area contributed by atoms with Crippen LogP contribution in [0.2, 0.25) is 0 Å². The molecule has 2 rings (SSSR count). The molecule has 1 aromatic rings. The van der Waals surface area contributed by atoms with Crippen molar-refractivity contribution in [2.45, 2.75) is 38.5 Å². The molecule has 0 saturated heterocycles. The summed E-state index contributed by atoms with van der Waals surface area (Å²) < 4.78 is 40.0. The number of amides is 2. The molecule has 1 aliphatic carbocycles. The minimum atomic E-state index is -4.76. The second kappa shape index (κ2) is 8.22. The van der Waals surface area contributed by atoms with E-state index in [4.69, 9.17) is 0 Å². The third-order valence-corrected chi connectivity index (χ3v) is 4.12. The van der Waals surface area contributed by atoms with Crippen LogP contribution in [0.15, 0.2) is 24.3 Å². The summed E-state index contributed by atoms with van der Waals surface area (Å²) in [5, 5.41) is 2.54. The normalized spacial score (nSPS) is 15.0. The third-order valence-electron chi connectivity index (χ3n) is 4.12. The van der Waals surface area contributed by atoms with Crippen molar-refractivity contribution in [2.75, 3.05) is 18.9 Å². The van der Waals surface area contributed by atoms with E-state index in [0.717, 1.165) is 37.8 Å². The second-order valence-electron chi connectivity index (χ2n) is 6.22. The molecule has 0 atom stereocenters.